The Morgan fingerprint density at radius 2 is 1.58 bits per heavy atom. The fourth-order valence-corrected chi connectivity index (χ4v) is 2.74. The maximum atomic E-state index is 12.0. The van der Waals surface area contributed by atoms with Gasteiger partial charge in [0.25, 0.3) is 0 Å². The van der Waals surface area contributed by atoms with Gasteiger partial charge in [0.05, 0.1) is 19.8 Å². The van der Waals surface area contributed by atoms with E-state index in [1.807, 2.05) is 0 Å². The van der Waals surface area contributed by atoms with E-state index in [9.17, 15) is 19.5 Å². The highest BCUT2D eigenvalue weighted by Crippen LogP contribution is 2.46. The van der Waals surface area contributed by atoms with E-state index in [4.69, 9.17) is 0 Å². The molecule has 0 unspecified atom stereocenters. The van der Waals surface area contributed by atoms with Crippen LogP contribution in [0.4, 0.5) is 0 Å². The van der Waals surface area contributed by atoms with Crippen LogP contribution in [0, 0.1) is 11.3 Å². The van der Waals surface area contributed by atoms with Crippen LogP contribution in [0.1, 0.15) is 33.1 Å². The van der Waals surface area contributed by atoms with E-state index in [0.717, 1.165) is 0 Å². The van der Waals surface area contributed by atoms with Gasteiger partial charge in [-0.05, 0) is 33.1 Å². The second kappa shape index (κ2) is 5.28. The van der Waals surface area contributed by atoms with Gasteiger partial charge >= 0.3 is 11.9 Å². The molecule has 0 heterocycles. The highest BCUT2D eigenvalue weighted by atomic mass is 16.5. The lowest BCUT2D eigenvalue weighted by atomic mass is 9.62. The van der Waals surface area contributed by atoms with E-state index in [0.29, 0.717) is 0 Å². The molecular weight excluding hydrogens is 252 g/mol. The third kappa shape index (κ3) is 2.63. The first-order valence-electron chi connectivity index (χ1n) is 6.11. The molecule has 0 bridgehead atoms. The first-order valence-corrected chi connectivity index (χ1v) is 6.11. The summed E-state index contributed by atoms with van der Waals surface area (Å²) in [6.45, 7) is 2.88. The standard InChI is InChI=1S/C13H20O6/c1-8(14)9-7-13(10(15)18-3,11(16)19-4)6-5-12(9,2)17/h9,17H,5-7H2,1-4H3/t9-,12-/m0/s1. The number of rotatable bonds is 3. The molecule has 2 atom stereocenters. The average molecular weight is 272 g/mol. The predicted molar refractivity (Wildman–Crippen MR) is 65.1 cm³/mol. The fourth-order valence-electron chi connectivity index (χ4n) is 2.74. The first-order chi connectivity index (χ1) is 8.71. The number of carbonyl (C=O) groups excluding carboxylic acids is 3. The molecule has 0 spiro atoms. The minimum atomic E-state index is -1.50. The zero-order valence-electron chi connectivity index (χ0n) is 11.7. The van der Waals surface area contributed by atoms with Gasteiger partial charge in [-0.25, -0.2) is 0 Å². The van der Waals surface area contributed by atoms with E-state index < -0.39 is 28.9 Å². The molecule has 0 radical (unpaired) electrons. The van der Waals surface area contributed by atoms with Crippen LogP contribution < -0.4 is 0 Å². The van der Waals surface area contributed by atoms with Crippen LogP contribution >= 0.6 is 0 Å². The molecule has 19 heavy (non-hydrogen) atoms. The Labute approximate surface area is 112 Å². The number of ketones is 1. The van der Waals surface area contributed by atoms with Crippen molar-refractivity contribution in [1.29, 1.82) is 0 Å². The summed E-state index contributed by atoms with van der Waals surface area (Å²) in [4.78, 5) is 35.6. The van der Waals surface area contributed by atoms with Crippen LogP contribution in [0.15, 0.2) is 0 Å². The lowest BCUT2D eigenvalue weighted by molar-refractivity contribution is -0.179. The summed E-state index contributed by atoms with van der Waals surface area (Å²) in [5.41, 5.74) is -2.72. The largest absolute Gasteiger partial charge is 0.468 e. The van der Waals surface area contributed by atoms with Crippen LogP contribution in [0.25, 0.3) is 0 Å². The van der Waals surface area contributed by atoms with Crippen molar-refractivity contribution in [2.45, 2.75) is 38.7 Å². The van der Waals surface area contributed by atoms with E-state index in [1.54, 1.807) is 0 Å². The van der Waals surface area contributed by atoms with E-state index >= 15 is 0 Å². The molecule has 0 aromatic carbocycles. The molecular formula is C13H20O6. The smallest absolute Gasteiger partial charge is 0.323 e. The molecule has 1 N–H and O–H groups in total. The summed E-state index contributed by atoms with van der Waals surface area (Å²) in [5, 5.41) is 10.2. The molecule has 108 valence electrons. The van der Waals surface area contributed by atoms with Gasteiger partial charge in [0.15, 0.2) is 5.41 Å². The molecule has 1 rings (SSSR count). The van der Waals surface area contributed by atoms with Gasteiger partial charge < -0.3 is 14.6 Å². The molecule has 6 heteroatoms. The monoisotopic (exact) mass is 272 g/mol. The van der Waals surface area contributed by atoms with Crippen LogP contribution in [0.2, 0.25) is 0 Å². The summed E-state index contributed by atoms with van der Waals surface area (Å²) in [6.07, 6.45) is 0.166. The van der Waals surface area contributed by atoms with Crippen LogP contribution in [-0.4, -0.2) is 42.6 Å². The zero-order valence-corrected chi connectivity index (χ0v) is 11.7. The molecule has 0 aliphatic heterocycles. The number of carbonyl (C=O) groups is 3. The topological polar surface area (TPSA) is 89.9 Å². The number of Topliss-reactive ketones (excluding diaryl/α,β-unsaturated/α-hetero) is 1. The summed E-state index contributed by atoms with van der Waals surface area (Å²) in [5.74, 6) is -2.50. The number of hydrogen-bond acceptors (Lipinski definition) is 6. The van der Waals surface area contributed by atoms with Crippen molar-refractivity contribution in [3.63, 3.8) is 0 Å². The van der Waals surface area contributed by atoms with Crippen LogP contribution in [0.5, 0.6) is 0 Å². The highest BCUT2D eigenvalue weighted by Gasteiger charge is 2.57. The third-order valence-electron chi connectivity index (χ3n) is 4.00. The number of hydrogen-bond donors (Lipinski definition) is 1. The second-order valence-corrected chi connectivity index (χ2v) is 5.29. The van der Waals surface area contributed by atoms with Crippen molar-refractivity contribution in [2.24, 2.45) is 11.3 Å². The van der Waals surface area contributed by atoms with Crippen molar-refractivity contribution >= 4 is 17.7 Å². The molecule has 1 saturated carbocycles. The Bertz CT molecular complexity index is 382. The molecule has 1 aliphatic rings. The fraction of sp³-hybridized carbons (Fsp3) is 0.769. The average Bonchev–Trinajstić information content (AvgIpc) is 2.36. The van der Waals surface area contributed by atoms with Crippen molar-refractivity contribution in [1.82, 2.24) is 0 Å². The van der Waals surface area contributed by atoms with Gasteiger partial charge in [0.1, 0.15) is 5.78 Å². The third-order valence-corrected chi connectivity index (χ3v) is 4.00. The van der Waals surface area contributed by atoms with Crippen molar-refractivity contribution in [3.05, 3.63) is 0 Å². The Morgan fingerprint density at radius 1 is 1.11 bits per heavy atom. The van der Waals surface area contributed by atoms with Crippen molar-refractivity contribution in [3.8, 4) is 0 Å². The van der Waals surface area contributed by atoms with Gasteiger partial charge in [-0.15, -0.1) is 0 Å². The maximum Gasteiger partial charge on any atom is 0.323 e. The lowest BCUT2D eigenvalue weighted by Gasteiger charge is -2.43. The molecule has 6 nitrogen and oxygen atoms in total. The zero-order chi connectivity index (χ0) is 14.8. The Balaban J connectivity index is 3.19. The van der Waals surface area contributed by atoms with Crippen LogP contribution in [-0.2, 0) is 23.9 Å². The molecule has 0 aromatic heterocycles. The number of methoxy groups -OCH3 is 2. The van der Waals surface area contributed by atoms with Gasteiger partial charge in [-0.2, -0.15) is 0 Å². The molecule has 0 saturated heterocycles. The Kier molecular flexibility index (Phi) is 4.35. The summed E-state index contributed by atoms with van der Waals surface area (Å²) < 4.78 is 9.36. The predicted octanol–water partition coefficient (Wildman–Crippen LogP) is 0.459. The number of ether oxygens (including phenoxy) is 2. The van der Waals surface area contributed by atoms with Gasteiger partial charge in [-0.1, -0.05) is 0 Å². The minimum Gasteiger partial charge on any atom is -0.468 e. The minimum absolute atomic E-state index is 0.0886. The number of esters is 2. The molecule has 0 amide bonds. The van der Waals surface area contributed by atoms with E-state index in [2.05, 4.69) is 9.47 Å². The van der Waals surface area contributed by atoms with Crippen molar-refractivity contribution < 1.29 is 29.0 Å². The maximum absolute atomic E-state index is 12.0. The van der Waals surface area contributed by atoms with Crippen LogP contribution in [0.3, 0.4) is 0 Å². The lowest BCUT2D eigenvalue weighted by Crippen LogP contribution is -2.54. The summed E-state index contributed by atoms with van der Waals surface area (Å²) >= 11 is 0. The van der Waals surface area contributed by atoms with Crippen molar-refractivity contribution in [2.75, 3.05) is 14.2 Å². The molecule has 1 aliphatic carbocycles. The summed E-state index contributed by atoms with van der Waals surface area (Å²) in [7, 11) is 2.37. The molecule has 0 aromatic rings. The highest BCUT2D eigenvalue weighted by molar-refractivity contribution is 6.01. The SMILES string of the molecule is COC(=O)C1(C(=O)OC)CC[C@](C)(O)[C@H](C(C)=O)C1. The molecule has 1 fully saturated rings. The second-order valence-electron chi connectivity index (χ2n) is 5.29. The van der Waals surface area contributed by atoms with Gasteiger partial charge in [-0.3, -0.25) is 14.4 Å². The Morgan fingerprint density at radius 3 is 1.95 bits per heavy atom. The summed E-state index contributed by atoms with van der Waals surface area (Å²) in [6, 6.07) is 0. The Hall–Kier alpha value is -1.43. The first kappa shape index (κ1) is 15.6. The van der Waals surface area contributed by atoms with E-state index in [1.165, 1.54) is 28.1 Å². The van der Waals surface area contributed by atoms with Gasteiger partial charge in [0.2, 0.25) is 0 Å². The quantitative estimate of drug-likeness (QED) is 0.593. The van der Waals surface area contributed by atoms with E-state index in [-0.39, 0.29) is 25.0 Å². The normalized spacial score (nSPS) is 29.4. The number of aliphatic hydroxyl groups is 1. The van der Waals surface area contributed by atoms with Gasteiger partial charge in [0, 0.05) is 5.92 Å².